The van der Waals surface area contributed by atoms with E-state index < -0.39 is 27.5 Å². The van der Waals surface area contributed by atoms with Gasteiger partial charge in [0, 0.05) is 33.0 Å². The zero-order chi connectivity index (χ0) is 21.3. The summed E-state index contributed by atoms with van der Waals surface area (Å²) >= 11 is 27.3. The van der Waals surface area contributed by atoms with Gasteiger partial charge in [0.2, 0.25) is 5.88 Å². The minimum atomic E-state index is -4.50. The van der Waals surface area contributed by atoms with Crippen LogP contribution in [-0.4, -0.2) is 26.2 Å². The van der Waals surface area contributed by atoms with E-state index in [1.165, 1.54) is 6.07 Å². The van der Waals surface area contributed by atoms with Crippen molar-refractivity contribution < 1.29 is 30.6 Å². The van der Waals surface area contributed by atoms with Gasteiger partial charge in [-0.3, -0.25) is 0 Å². The van der Waals surface area contributed by atoms with Crippen LogP contribution in [0.2, 0.25) is 15.2 Å². The third-order valence-corrected chi connectivity index (χ3v) is 7.85. The van der Waals surface area contributed by atoms with E-state index in [9.17, 15) is 0 Å². The lowest BCUT2D eigenvalue weighted by molar-refractivity contribution is 0.244. The van der Waals surface area contributed by atoms with Gasteiger partial charge in [-0.05, 0) is 17.9 Å². The normalized spacial score (nSPS) is 20.2. The molecule has 0 N–H and O–H groups in total. The predicted octanol–water partition coefficient (Wildman–Crippen LogP) is 4.83. The molecule has 0 saturated carbocycles. The Balaban J connectivity index is 3.24. The van der Waals surface area contributed by atoms with Crippen LogP contribution in [0, 0.1) is 0 Å². The third-order valence-electron chi connectivity index (χ3n) is 1.70. The number of pyridine rings is 1. The van der Waals surface area contributed by atoms with E-state index in [-0.39, 0.29) is 21.1 Å². The summed E-state index contributed by atoms with van der Waals surface area (Å²) in [6.07, 6.45) is 0. The van der Waals surface area contributed by atoms with Crippen LogP contribution < -0.4 is 4.52 Å². The molecule has 120 valence electrons. The van der Waals surface area contributed by atoms with Crippen molar-refractivity contribution in [3.05, 3.63) is 21.3 Å². The molecule has 1 aromatic heterocycles. The number of aromatic nitrogens is 1. The van der Waals surface area contributed by atoms with Gasteiger partial charge in [0.05, 0.1) is 13.2 Å². The molecule has 1 aromatic rings. The second-order valence-corrected chi connectivity index (χ2v) is 10.2. The van der Waals surface area contributed by atoms with Crippen molar-refractivity contribution in [2.24, 2.45) is 0 Å². The van der Waals surface area contributed by atoms with Gasteiger partial charge in [0.15, 0.2) is 5.15 Å². The van der Waals surface area contributed by atoms with Crippen LogP contribution in [0.15, 0.2) is 6.07 Å². The molecule has 0 fully saturated rings. The van der Waals surface area contributed by atoms with E-state index in [1.54, 1.807) is 0 Å². The van der Waals surface area contributed by atoms with Crippen molar-refractivity contribution in [3.63, 3.8) is 0 Å². The van der Waals surface area contributed by atoms with Crippen LogP contribution in [0.5, 0.6) is 5.88 Å². The Kier molecular flexibility index (Phi) is 4.80. The summed E-state index contributed by atoms with van der Waals surface area (Å²) < 4.78 is 67.2. The fourth-order valence-electron chi connectivity index (χ4n) is 0.860. The van der Waals surface area contributed by atoms with Gasteiger partial charge in [-0.2, -0.15) is 4.98 Å². The molecule has 6 nitrogen and oxygen atoms in total. The topological polar surface area (TPSA) is 59.0 Å². The van der Waals surface area contributed by atoms with Crippen LogP contribution in [0.25, 0.3) is 0 Å². The van der Waals surface area contributed by atoms with Gasteiger partial charge in [0.25, 0.3) is 0 Å². The lowest BCUT2D eigenvalue weighted by atomic mass is 10.5. The van der Waals surface area contributed by atoms with E-state index in [0.29, 0.717) is 0 Å². The van der Waals surface area contributed by atoms with Crippen LogP contribution >= 0.6 is 48.2 Å². The Bertz CT molecular complexity index is 777. The summed E-state index contributed by atoms with van der Waals surface area (Å²) in [6.45, 7) is -8.50. The average molecular weight is 439 g/mol. The van der Waals surface area contributed by atoms with Crippen molar-refractivity contribution in [2.45, 2.75) is 0 Å². The van der Waals surface area contributed by atoms with E-state index >= 15 is 0 Å². The highest BCUT2D eigenvalue weighted by Gasteiger charge is 2.33. The first kappa shape index (κ1) is 12.3. The highest BCUT2D eigenvalue weighted by Crippen LogP contribution is 2.65. The number of nitrogens with zero attached hydrogens (tertiary/aromatic N) is 1. The Morgan fingerprint density at radius 3 is 2.24 bits per heavy atom. The monoisotopic (exact) mass is 437 g/mol. The highest BCUT2D eigenvalue weighted by atomic mass is 35.5. The fourth-order valence-corrected chi connectivity index (χ4v) is 5.72. The third kappa shape index (κ3) is 5.52. The molecule has 0 spiro atoms. The molecule has 1 rings (SSSR count). The molecular formula is C8H10Cl3NO5P2S2. The molecule has 0 aliphatic rings. The minimum absolute atomic E-state index is 0.0160. The van der Waals surface area contributed by atoms with Crippen LogP contribution in [-0.2, 0) is 41.5 Å². The molecule has 13 heteroatoms. The lowest BCUT2D eigenvalue weighted by Crippen LogP contribution is -2.02. The highest BCUT2D eigenvalue weighted by molar-refractivity contribution is 8.14. The number of halogens is 3. The molecular weight excluding hydrogens is 423 g/mol. The maximum absolute atomic E-state index is 7.13. The summed E-state index contributed by atoms with van der Waals surface area (Å²) in [5.74, 6) is -0.374. The van der Waals surface area contributed by atoms with Crippen LogP contribution in [0.1, 0.15) is 8.22 Å². The van der Waals surface area contributed by atoms with Crippen molar-refractivity contribution in [2.75, 3.05) is 21.2 Å². The van der Waals surface area contributed by atoms with Gasteiger partial charge in [-0.25, -0.2) is 4.31 Å². The first-order chi connectivity index (χ1) is 12.0. The fraction of sp³-hybridized carbons (Fsp3) is 0.375. The van der Waals surface area contributed by atoms with Crippen molar-refractivity contribution in [3.8, 4) is 5.88 Å². The summed E-state index contributed by atoms with van der Waals surface area (Å²) in [6, 6.07) is 1.19. The Hall–Kier alpha value is 0.960. The van der Waals surface area contributed by atoms with Gasteiger partial charge in [-0.15, -0.1) is 0 Å². The van der Waals surface area contributed by atoms with Gasteiger partial charge < -0.3 is 18.1 Å². The summed E-state index contributed by atoms with van der Waals surface area (Å²) in [4.78, 5) is 3.74. The van der Waals surface area contributed by atoms with Crippen LogP contribution in [0.4, 0.5) is 0 Å². The smallest absolute Gasteiger partial charge is 0.388 e. The molecule has 0 bridgehead atoms. The first-order valence-electron chi connectivity index (χ1n) is 7.57. The van der Waals surface area contributed by atoms with Gasteiger partial charge in [0.1, 0.15) is 5.02 Å². The molecule has 1 unspecified atom stereocenters. The quantitative estimate of drug-likeness (QED) is 0.443. The molecule has 0 aliphatic heterocycles. The molecule has 1 atom stereocenters. The van der Waals surface area contributed by atoms with E-state index in [2.05, 4.69) is 14.0 Å². The Morgan fingerprint density at radius 2 is 1.71 bits per heavy atom. The molecule has 0 saturated heterocycles. The molecule has 0 amide bonds. The average Bonchev–Trinajstić information content (AvgIpc) is 2.39. The zero-order valence-corrected chi connectivity index (χ0v) is 15.6. The molecule has 21 heavy (non-hydrogen) atoms. The maximum Gasteiger partial charge on any atom is 0.388 e. The molecule has 0 aromatic carbocycles. The van der Waals surface area contributed by atoms with E-state index in [1.807, 2.05) is 0 Å². The van der Waals surface area contributed by atoms with Crippen molar-refractivity contribution in [1.29, 1.82) is 0 Å². The largest absolute Gasteiger partial charge is 0.404 e. The molecule has 0 aliphatic carbocycles. The number of rotatable bonds is 7. The van der Waals surface area contributed by atoms with Crippen molar-refractivity contribution in [1.82, 2.24) is 4.98 Å². The second kappa shape index (κ2) is 8.18. The van der Waals surface area contributed by atoms with Gasteiger partial charge >= 0.3 is 13.4 Å². The van der Waals surface area contributed by atoms with E-state index in [0.717, 1.165) is 7.11 Å². The zero-order valence-electron chi connectivity index (χ0n) is 15.9. The molecule has 0 radical (unpaired) electrons. The Labute approximate surface area is 155 Å². The SMILES string of the molecule is [2H]C([2H])([2H])OP(=S)(OC([2H])([2H])[2H])OP(=S)(OC)Oc1nc(Cl)c(Cl)cc1Cl. The van der Waals surface area contributed by atoms with Crippen molar-refractivity contribution >= 4 is 71.9 Å². The predicted molar refractivity (Wildman–Crippen MR) is 90.6 cm³/mol. The number of hydrogen-bond donors (Lipinski definition) is 0. The maximum atomic E-state index is 7.13. The van der Waals surface area contributed by atoms with Crippen LogP contribution in [0.3, 0.4) is 0 Å². The summed E-state index contributed by atoms with van der Waals surface area (Å²) in [5, 5.41) is -0.311. The summed E-state index contributed by atoms with van der Waals surface area (Å²) in [7, 11) is -5.28. The number of hydrogen-bond acceptors (Lipinski definition) is 8. The molecule has 1 heterocycles. The van der Waals surface area contributed by atoms with E-state index in [4.69, 9.17) is 80.0 Å². The second-order valence-electron chi connectivity index (χ2n) is 2.98. The Morgan fingerprint density at radius 1 is 1.10 bits per heavy atom. The standard InChI is InChI=1S/C8H10Cl3NO5P2S2/c1-13-18(20,14-2)17-19(21,15-3)16-8-6(10)4-5(9)7(11)12-8/h4H,1-3H3/i1D3,2D3. The van der Waals surface area contributed by atoms with Gasteiger partial charge in [-0.1, -0.05) is 34.8 Å². The minimum Gasteiger partial charge on any atom is -0.404 e. The summed E-state index contributed by atoms with van der Waals surface area (Å²) in [5.41, 5.74) is 0. The first-order valence-corrected chi connectivity index (χ1v) is 10.8. The lowest BCUT2D eigenvalue weighted by Gasteiger charge is -2.25.